The van der Waals surface area contributed by atoms with E-state index in [4.69, 9.17) is 15.0 Å². The predicted molar refractivity (Wildman–Crippen MR) is 209 cm³/mol. The van der Waals surface area contributed by atoms with Crippen LogP contribution < -0.4 is 4.90 Å². The van der Waals surface area contributed by atoms with Gasteiger partial charge in [0.2, 0.25) is 5.95 Å². The number of rotatable bonds is 4. The van der Waals surface area contributed by atoms with Gasteiger partial charge in [0.15, 0.2) is 11.6 Å². The Hall–Kier alpha value is -6.59. The quantitative estimate of drug-likeness (QED) is 0.189. The predicted octanol–water partition coefficient (Wildman–Crippen LogP) is 11.6. The molecular formula is C46H33N5. The normalized spacial score (nSPS) is 13.4. The molecule has 3 heterocycles. The first-order valence-corrected chi connectivity index (χ1v) is 17.4. The summed E-state index contributed by atoms with van der Waals surface area (Å²) in [4.78, 5) is 17.9. The van der Waals surface area contributed by atoms with E-state index in [0.29, 0.717) is 17.6 Å². The summed E-state index contributed by atoms with van der Waals surface area (Å²) in [6.07, 6.45) is 0. The Balaban J connectivity index is 1.35. The van der Waals surface area contributed by atoms with E-state index in [9.17, 15) is 0 Å². The van der Waals surface area contributed by atoms with Gasteiger partial charge in [-0.25, -0.2) is 4.98 Å². The molecule has 0 N–H and O–H groups in total. The van der Waals surface area contributed by atoms with Crippen molar-refractivity contribution in [3.63, 3.8) is 0 Å². The van der Waals surface area contributed by atoms with Gasteiger partial charge in [-0.15, -0.1) is 0 Å². The Kier molecular flexibility index (Phi) is 6.46. The monoisotopic (exact) mass is 655 g/mol. The highest BCUT2D eigenvalue weighted by Crippen LogP contribution is 2.54. The number of aromatic nitrogens is 4. The maximum atomic E-state index is 5.23. The Morgan fingerprint density at radius 3 is 1.78 bits per heavy atom. The van der Waals surface area contributed by atoms with E-state index in [1.54, 1.807) is 0 Å². The molecule has 0 atom stereocenters. The van der Waals surface area contributed by atoms with Crippen molar-refractivity contribution in [3.05, 3.63) is 175 Å². The molecule has 1 aliphatic rings. The van der Waals surface area contributed by atoms with Crippen LogP contribution in [0, 0.1) is 0 Å². The summed E-state index contributed by atoms with van der Waals surface area (Å²) >= 11 is 0. The lowest BCUT2D eigenvalue weighted by Crippen LogP contribution is -2.30. The zero-order valence-corrected chi connectivity index (χ0v) is 28.3. The molecule has 0 aliphatic carbocycles. The van der Waals surface area contributed by atoms with Crippen LogP contribution in [0.15, 0.2) is 164 Å². The third-order valence-corrected chi connectivity index (χ3v) is 10.4. The van der Waals surface area contributed by atoms with Gasteiger partial charge in [-0.2, -0.15) is 9.97 Å². The second-order valence-electron chi connectivity index (χ2n) is 13.7. The molecular weight excluding hydrogens is 623 g/mol. The molecule has 0 amide bonds. The molecule has 51 heavy (non-hydrogen) atoms. The Morgan fingerprint density at radius 2 is 1.08 bits per heavy atom. The second kappa shape index (κ2) is 11.2. The minimum absolute atomic E-state index is 0.280. The van der Waals surface area contributed by atoms with E-state index in [1.807, 2.05) is 36.4 Å². The number of nitrogens with zero attached hydrogens (tertiary/aromatic N) is 5. The average Bonchev–Trinajstić information content (AvgIpc) is 3.52. The van der Waals surface area contributed by atoms with E-state index >= 15 is 0 Å². The molecule has 0 unspecified atom stereocenters. The fraction of sp³-hybridized carbons (Fsp3) is 0.0652. The number of benzene rings is 7. The summed E-state index contributed by atoms with van der Waals surface area (Å²) in [7, 11) is 0. The highest BCUT2D eigenvalue weighted by atomic mass is 15.2. The van der Waals surface area contributed by atoms with Crippen molar-refractivity contribution >= 4 is 49.6 Å². The summed E-state index contributed by atoms with van der Waals surface area (Å²) in [6, 6.07) is 57.8. The number of hydrogen-bond donors (Lipinski definition) is 0. The van der Waals surface area contributed by atoms with Gasteiger partial charge in [-0.1, -0.05) is 141 Å². The number of anilines is 3. The molecule has 5 nitrogen and oxygen atoms in total. The van der Waals surface area contributed by atoms with Crippen LogP contribution in [0.5, 0.6) is 0 Å². The molecule has 0 fully saturated rings. The van der Waals surface area contributed by atoms with Crippen molar-refractivity contribution in [2.45, 2.75) is 19.3 Å². The van der Waals surface area contributed by atoms with Crippen LogP contribution in [0.2, 0.25) is 0 Å². The molecule has 1 aliphatic heterocycles. The molecule has 242 valence electrons. The van der Waals surface area contributed by atoms with Gasteiger partial charge in [0.05, 0.1) is 22.4 Å². The van der Waals surface area contributed by atoms with Crippen molar-refractivity contribution in [1.29, 1.82) is 0 Å². The minimum atomic E-state index is -0.280. The van der Waals surface area contributed by atoms with Crippen molar-refractivity contribution < 1.29 is 0 Å². The average molecular weight is 656 g/mol. The molecule has 0 bridgehead atoms. The summed E-state index contributed by atoms with van der Waals surface area (Å²) in [5.41, 5.74) is 9.75. The number of fused-ring (bicyclic) bond motifs is 7. The molecule has 5 heteroatoms. The van der Waals surface area contributed by atoms with Crippen molar-refractivity contribution in [2.75, 3.05) is 4.90 Å². The Bertz CT molecular complexity index is 2710. The zero-order chi connectivity index (χ0) is 34.1. The van der Waals surface area contributed by atoms with Crippen LogP contribution in [-0.4, -0.2) is 19.5 Å². The molecule has 10 rings (SSSR count). The van der Waals surface area contributed by atoms with Crippen molar-refractivity contribution in [1.82, 2.24) is 19.5 Å². The molecule has 0 spiro atoms. The third-order valence-electron chi connectivity index (χ3n) is 10.4. The maximum absolute atomic E-state index is 5.23. The van der Waals surface area contributed by atoms with Gasteiger partial charge in [-0.05, 0) is 58.3 Å². The largest absolute Gasteiger partial charge is 0.310 e. The lowest BCUT2D eigenvalue weighted by atomic mass is 9.73. The fourth-order valence-corrected chi connectivity index (χ4v) is 7.95. The van der Waals surface area contributed by atoms with E-state index in [2.05, 4.69) is 151 Å². The smallest absolute Gasteiger partial charge is 0.238 e. The maximum Gasteiger partial charge on any atom is 0.238 e. The van der Waals surface area contributed by atoms with Gasteiger partial charge in [0.1, 0.15) is 0 Å². The van der Waals surface area contributed by atoms with Crippen LogP contribution >= 0.6 is 0 Å². The highest BCUT2D eigenvalue weighted by molar-refractivity contribution is 6.22. The summed E-state index contributed by atoms with van der Waals surface area (Å²) in [6.45, 7) is 4.68. The molecule has 2 aromatic heterocycles. The molecule has 0 saturated heterocycles. The van der Waals surface area contributed by atoms with E-state index in [0.717, 1.165) is 33.2 Å². The summed E-state index contributed by atoms with van der Waals surface area (Å²) in [5, 5.41) is 4.72. The highest BCUT2D eigenvalue weighted by Gasteiger charge is 2.38. The standard InChI is InChI=1S/C46H33N5/c1-46(2)36-24-14-15-25-38(36)50(33-21-10-5-11-22-33)41-28-35-40(29-37(41)46)51(39-27-26-30-16-12-13-23-34(30)42(35)39)45-48-43(31-17-6-3-7-18-31)47-44(49-45)32-19-8-4-9-20-32/h3-29H,1-2H3. The van der Waals surface area contributed by atoms with Crippen LogP contribution in [0.1, 0.15) is 25.0 Å². The molecule has 7 aromatic carbocycles. The van der Waals surface area contributed by atoms with Crippen molar-refractivity contribution in [3.8, 4) is 28.7 Å². The second-order valence-corrected chi connectivity index (χ2v) is 13.7. The molecule has 0 saturated carbocycles. The third kappa shape index (κ3) is 4.51. The first kappa shape index (κ1) is 29.3. The first-order valence-electron chi connectivity index (χ1n) is 17.4. The van der Waals surface area contributed by atoms with Gasteiger partial charge < -0.3 is 4.90 Å². The van der Waals surface area contributed by atoms with Crippen LogP contribution in [0.4, 0.5) is 17.1 Å². The van der Waals surface area contributed by atoms with Crippen LogP contribution in [0.25, 0.3) is 61.3 Å². The topological polar surface area (TPSA) is 46.8 Å². The fourth-order valence-electron chi connectivity index (χ4n) is 7.95. The molecule has 0 radical (unpaired) electrons. The van der Waals surface area contributed by atoms with Gasteiger partial charge in [-0.3, -0.25) is 4.57 Å². The van der Waals surface area contributed by atoms with E-state index in [-0.39, 0.29) is 5.41 Å². The van der Waals surface area contributed by atoms with Crippen LogP contribution in [0.3, 0.4) is 0 Å². The minimum Gasteiger partial charge on any atom is -0.310 e. The van der Waals surface area contributed by atoms with E-state index in [1.165, 1.54) is 38.7 Å². The number of para-hydroxylation sites is 2. The lowest BCUT2D eigenvalue weighted by molar-refractivity contribution is 0.632. The van der Waals surface area contributed by atoms with Crippen LogP contribution in [-0.2, 0) is 5.41 Å². The number of hydrogen-bond acceptors (Lipinski definition) is 4. The van der Waals surface area contributed by atoms with Gasteiger partial charge >= 0.3 is 0 Å². The first-order chi connectivity index (χ1) is 25.1. The van der Waals surface area contributed by atoms with E-state index < -0.39 is 0 Å². The lowest BCUT2D eigenvalue weighted by Gasteiger charge is -2.42. The van der Waals surface area contributed by atoms with Gasteiger partial charge in [0, 0.05) is 33.0 Å². The van der Waals surface area contributed by atoms with Crippen molar-refractivity contribution in [2.24, 2.45) is 0 Å². The zero-order valence-electron chi connectivity index (χ0n) is 28.3. The Morgan fingerprint density at radius 1 is 0.471 bits per heavy atom. The SMILES string of the molecule is CC1(C)c2ccccc2N(c2ccccc2)c2cc3c4c5ccccc5ccc4n(-c4nc(-c5ccccc5)nc(-c5ccccc5)n4)c3cc21. The summed E-state index contributed by atoms with van der Waals surface area (Å²) in [5.74, 6) is 1.86. The summed E-state index contributed by atoms with van der Waals surface area (Å²) < 4.78 is 2.25. The molecule has 9 aromatic rings. The Labute approximate surface area is 296 Å². The van der Waals surface area contributed by atoms with Gasteiger partial charge in [0.25, 0.3) is 0 Å².